The normalized spacial score (nSPS) is 10.1. The molecule has 0 aliphatic rings. The summed E-state index contributed by atoms with van der Waals surface area (Å²) in [5, 5.41) is 10.8. The smallest absolute Gasteiger partial charge is 0.241 e. The molecule has 1 radical (unpaired) electrons. The molecule has 6 rings (SSSR count). The van der Waals surface area contributed by atoms with Crippen LogP contribution in [0.15, 0.2) is 79.1 Å². The standard InChI is InChI=1S/2C12H13N2.C7H5N4.Ir/c2*1-10-11(2)14(9-13(10)3)12-7-5-4-6-8-12;1-2-4-8-6(3-1)7-5-9-11-10-7;/h2*4-7H,1-3H3;1-5H;/q3*-1;. The summed E-state index contributed by atoms with van der Waals surface area (Å²) in [6, 6.07) is 27.8. The van der Waals surface area contributed by atoms with Gasteiger partial charge in [-0.1, -0.05) is 23.6 Å². The van der Waals surface area contributed by atoms with E-state index in [1.807, 2.05) is 99.1 Å². The maximum atomic E-state index is 4.08. The van der Waals surface area contributed by atoms with Crippen LogP contribution in [0.4, 0.5) is 0 Å². The maximum absolute atomic E-state index is 4.08. The van der Waals surface area contributed by atoms with Crippen molar-refractivity contribution in [2.75, 3.05) is 0 Å². The molecular formula is C31H31IrN8-3. The van der Waals surface area contributed by atoms with Crippen LogP contribution in [0.2, 0.25) is 0 Å². The minimum absolute atomic E-state index is 0. The van der Waals surface area contributed by atoms with E-state index in [-0.39, 0.29) is 20.1 Å². The second kappa shape index (κ2) is 14.3. The van der Waals surface area contributed by atoms with Crippen LogP contribution >= 0.6 is 0 Å². The Morgan fingerprint density at radius 2 is 1.25 bits per heavy atom. The minimum atomic E-state index is 0. The zero-order chi connectivity index (χ0) is 27.8. The van der Waals surface area contributed by atoms with Crippen molar-refractivity contribution in [2.45, 2.75) is 27.7 Å². The molecule has 0 bridgehead atoms. The van der Waals surface area contributed by atoms with Gasteiger partial charge in [-0.25, -0.2) is 0 Å². The van der Waals surface area contributed by atoms with Crippen molar-refractivity contribution >= 4 is 0 Å². The van der Waals surface area contributed by atoms with Gasteiger partial charge in [-0.2, -0.15) is 60.7 Å². The summed E-state index contributed by atoms with van der Waals surface area (Å²) in [5.41, 5.74) is 8.44. The van der Waals surface area contributed by atoms with Crippen LogP contribution in [0.3, 0.4) is 0 Å². The Balaban J connectivity index is 0.000000165. The summed E-state index contributed by atoms with van der Waals surface area (Å²) < 4.78 is 8.04. The van der Waals surface area contributed by atoms with Crippen LogP contribution in [-0.4, -0.2) is 24.4 Å². The summed E-state index contributed by atoms with van der Waals surface area (Å²) in [6.45, 7) is 8.36. The van der Waals surface area contributed by atoms with Gasteiger partial charge in [-0.3, -0.25) is 10.2 Å². The number of para-hydroxylation sites is 2. The van der Waals surface area contributed by atoms with Crippen LogP contribution in [0.25, 0.3) is 22.8 Å². The molecule has 2 aromatic carbocycles. The van der Waals surface area contributed by atoms with E-state index < -0.39 is 0 Å². The van der Waals surface area contributed by atoms with E-state index in [9.17, 15) is 0 Å². The SMILES string of the molecule is Cc1c(C)[n+](C)[c-]n1-c1[c-]cccc1.Cc1c(C)[n+](C)[c-]n1-c1[c-]cccc1.[Ir].c1ccc(-c2cnn[n-]2)nc1. The predicted octanol–water partition coefficient (Wildman–Crippen LogP) is 3.53. The number of rotatable bonds is 3. The Hall–Kier alpha value is -4.20. The van der Waals surface area contributed by atoms with Crippen molar-refractivity contribution in [3.8, 4) is 22.8 Å². The first-order chi connectivity index (χ1) is 18.9. The third-order valence-electron chi connectivity index (χ3n) is 6.40. The number of hydrogen-bond acceptors (Lipinski definition) is 3. The molecule has 0 amide bonds. The van der Waals surface area contributed by atoms with E-state index in [2.05, 4.69) is 72.9 Å². The Kier molecular flexibility index (Phi) is 10.8. The molecule has 4 heterocycles. The van der Waals surface area contributed by atoms with Crippen molar-refractivity contribution in [3.05, 3.63) is 127 Å². The second-order valence-electron chi connectivity index (χ2n) is 8.86. The van der Waals surface area contributed by atoms with E-state index in [4.69, 9.17) is 0 Å². The molecule has 4 aromatic heterocycles. The van der Waals surface area contributed by atoms with Gasteiger partial charge in [0.15, 0.2) is 0 Å². The molecule has 6 aromatic rings. The van der Waals surface area contributed by atoms with Crippen LogP contribution in [0.5, 0.6) is 0 Å². The Labute approximate surface area is 249 Å². The van der Waals surface area contributed by atoms with Gasteiger partial charge in [0.1, 0.15) is 0 Å². The second-order valence-corrected chi connectivity index (χ2v) is 8.86. The topological polar surface area (TPSA) is 70.4 Å². The van der Waals surface area contributed by atoms with Crippen molar-refractivity contribution in [1.29, 1.82) is 0 Å². The van der Waals surface area contributed by atoms with Gasteiger partial charge in [0, 0.05) is 49.1 Å². The van der Waals surface area contributed by atoms with Gasteiger partial charge in [-0.05, 0) is 45.5 Å². The molecular weight excluding hydrogens is 677 g/mol. The molecule has 0 aliphatic heterocycles. The molecule has 0 aliphatic carbocycles. The van der Waals surface area contributed by atoms with E-state index in [1.165, 1.54) is 22.8 Å². The molecule has 0 spiro atoms. The van der Waals surface area contributed by atoms with Gasteiger partial charge in [0.25, 0.3) is 0 Å². The summed E-state index contributed by atoms with van der Waals surface area (Å²) in [4.78, 5) is 4.08. The largest absolute Gasteiger partial charge is 0.358 e. The van der Waals surface area contributed by atoms with Crippen LogP contribution < -0.4 is 14.2 Å². The summed E-state index contributed by atoms with van der Waals surface area (Å²) in [5.74, 6) is 0. The number of pyridine rings is 1. The number of imidazole rings is 2. The zero-order valence-electron chi connectivity index (χ0n) is 23.4. The number of nitrogens with zero attached hydrogens (tertiary/aromatic N) is 8. The summed E-state index contributed by atoms with van der Waals surface area (Å²) in [6.07, 6.45) is 9.76. The molecule has 0 unspecified atom stereocenters. The number of aromatic nitrogens is 8. The van der Waals surface area contributed by atoms with Gasteiger partial charge in [0.05, 0.1) is 19.8 Å². The molecule has 40 heavy (non-hydrogen) atoms. The zero-order valence-corrected chi connectivity index (χ0v) is 25.8. The molecule has 0 N–H and O–H groups in total. The first kappa shape index (κ1) is 30.3. The number of hydrogen-bond donors (Lipinski definition) is 0. The van der Waals surface area contributed by atoms with E-state index in [0.29, 0.717) is 5.69 Å². The quantitative estimate of drug-likeness (QED) is 0.209. The fourth-order valence-corrected chi connectivity index (χ4v) is 3.74. The molecule has 8 nitrogen and oxygen atoms in total. The predicted molar refractivity (Wildman–Crippen MR) is 147 cm³/mol. The fraction of sp³-hybridized carbons (Fsp3) is 0.194. The molecule has 0 fully saturated rings. The first-order valence-electron chi connectivity index (χ1n) is 12.5. The number of benzene rings is 2. The van der Waals surface area contributed by atoms with Crippen LogP contribution in [0.1, 0.15) is 22.8 Å². The molecule has 0 saturated carbocycles. The molecule has 207 valence electrons. The van der Waals surface area contributed by atoms with Gasteiger partial charge in [0.2, 0.25) is 12.7 Å². The van der Waals surface area contributed by atoms with Crippen LogP contribution in [-0.2, 0) is 34.2 Å². The van der Waals surface area contributed by atoms with Crippen LogP contribution in [0, 0.1) is 52.5 Å². The van der Waals surface area contributed by atoms with Crippen molar-refractivity contribution in [3.63, 3.8) is 0 Å². The van der Waals surface area contributed by atoms with Crippen molar-refractivity contribution in [2.24, 2.45) is 14.1 Å². The Bertz CT molecular complexity index is 1500. The number of aryl methyl sites for hydroxylation is 2. The maximum Gasteiger partial charge on any atom is 0.241 e. The van der Waals surface area contributed by atoms with Gasteiger partial charge < -0.3 is 28.5 Å². The van der Waals surface area contributed by atoms with E-state index in [1.54, 1.807) is 12.4 Å². The Morgan fingerprint density at radius 3 is 1.60 bits per heavy atom. The van der Waals surface area contributed by atoms with Crippen molar-refractivity contribution in [1.82, 2.24) is 29.5 Å². The van der Waals surface area contributed by atoms with E-state index >= 15 is 0 Å². The first-order valence-corrected chi connectivity index (χ1v) is 12.5. The van der Waals surface area contributed by atoms with Crippen molar-refractivity contribution < 1.29 is 29.2 Å². The average molecular weight is 708 g/mol. The summed E-state index contributed by atoms with van der Waals surface area (Å²) >= 11 is 0. The van der Waals surface area contributed by atoms with E-state index in [0.717, 1.165) is 17.1 Å². The third-order valence-corrected chi connectivity index (χ3v) is 6.40. The minimum Gasteiger partial charge on any atom is -0.358 e. The molecule has 9 heteroatoms. The Morgan fingerprint density at radius 1 is 0.725 bits per heavy atom. The fourth-order valence-electron chi connectivity index (χ4n) is 3.74. The monoisotopic (exact) mass is 708 g/mol. The van der Waals surface area contributed by atoms with Gasteiger partial charge in [-0.15, -0.1) is 0 Å². The average Bonchev–Trinajstić information content (AvgIpc) is 3.68. The molecule has 0 saturated heterocycles. The third kappa shape index (κ3) is 7.25. The van der Waals surface area contributed by atoms with Gasteiger partial charge >= 0.3 is 0 Å². The summed E-state index contributed by atoms with van der Waals surface area (Å²) in [7, 11) is 4.00. The molecule has 0 atom stereocenters.